The minimum atomic E-state index is -0.627. The SMILES string of the molecule is BrC(c1ccccc1)c1ccccn1.COC(=O)c1ccc(-c2cn(C(c3ccccc3)c3ccccn3)c3cc(-c4c(C)noc4C)cnc23)cc1.COC(c1ccccc1)c1ccccn1.Cc1noc(C)c1-c1cnc2c(I)cn(C(c3ccccc3)c3ccccn3)c2c1.O=C(c1ccccc1)c1ccccn1.OC(c1ccccc1)c1ccccn1. The number of hydrogen-bond donors (Lipinski definition) is 1. The number of benzene rings is 7. The molecule has 7 aromatic carbocycles. The molecule has 0 spiro atoms. The Morgan fingerprint density at radius 2 is 0.778 bits per heavy atom. The van der Waals surface area contributed by atoms with E-state index < -0.39 is 6.10 Å². The lowest BCUT2D eigenvalue weighted by Gasteiger charge is -2.20. The van der Waals surface area contributed by atoms with Crippen molar-refractivity contribution in [2.45, 2.75) is 56.8 Å². The number of aliphatic hydroxyl groups is 1. The third-order valence-corrected chi connectivity index (χ3v) is 22.4. The summed E-state index contributed by atoms with van der Waals surface area (Å²) in [5.41, 5.74) is 23.0. The second-order valence-electron chi connectivity index (χ2n) is 28.9. The van der Waals surface area contributed by atoms with E-state index in [4.69, 9.17) is 33.5 Å². The van der Waals surface area contributed by atoms with E-state index in [1.165, 1.54) is 18.2 Å². The highest BCUT2D eigenvalue weighted by Gasteiger charge is 2.27. The zero-order valence-electron chi connectivity index (χ0n) is 69.9. The predicted octanol–water partition coefficient (Wildman–Crippen LogP) is 23.6. The van der Waals surface area contributed by atoms with Gasteiger partial charge in [0.05, 0.1) is 77.5 Å². The molecule has 0 radical (unpaired) electrons. The summed E-state index contributed by atoms with van der Waals surface area (Å²) >= 11 is 5.99. The number of nitrogens with zero attached hydrogens (tertiary/aromatic N) is 12. The normalized spacial score (nSPS) is 11.9. The van der Waals surface area contributed by atoms with Crippen LogP contribution in [0.1, 0.15) is 135 Å². The number of alkyl halides is 1. The van der Waals surface area contributed by atoms with Crippen molar-refractivity contribution in [3.8, 4) is 33.4 Å². The number of aliphatic hydroxyl groups excluding tert-OH is 1. The molecule has 12 aromatic heterocycles. The molecule has 19 nitrogen and oxygen atoms in total. The number of ketones is 1. The van der Waals surface area contributed by atoms with Gasteiger partial charge >= 0.3 is 5.97 Å². The fourth-order valence-corrected chi connectivity index (χ4v) is 15.9. The molecule has 126 heavy (non-hydrogen) atoms. The number of esters is 1. The monoisotopic (exact) mass is 1830 g/mol. The molecule has 5 unspecified atom stereocenters. The first-order chi connectivity index (χ1) is 61.7. The van der Waals surface area contributed by atoms with Crippen molar-refractivity contribution in [1.29, 1.82) is 0 Å². The highest BCUT2D eigenvalue weighted by atomic mass is 127. The maximum absolute atomic E-state index is 12.0. The molecule has 19 aromatic rings. The van der Waals surface area contributed by atoms with Crippen LogP contribution in [0.5, 0.6) is 0 Å². The molecule has 0 bridgehead atoms. The summed E-state index contributed by atoms with van der Waals surface area (Å²) in [6, 6.07) is 106. The lowest BCUT2D eigenvalue weighted by atomic mass is 10.0. The zero-order chi connectivity index (χ0) is 87.5. The summed E-state index contributed by atoms with van der Waals surface area (Å²) in [6.45, 7) is 7.74. The Morgan fingerprint density at radius 3 is 1.21 bits per heavy atom. The largest absolute Gasteiger partial charge is 0.465 e. The Morgan fingerprint density at radius 1 is 0.389 bits per heavy atom. The van der Waals surface area contributed by atoms with Crippen molar-refractivity contribution in [1.82, 2.24) is 59.3 Å². The van der Waals surface area contributed by atoms with Crippen molar-refractivity contribution < 1.29 is 33.2 Å². The Labute approximate surface area is 752 Å². The van der Waals surface area contributed by atoms with E-state index in [9.17, 15) is 14.7 Å². The molecule has 0 saturated heterocycles. The minimum Gasteiger partial charge on any atom is -0.465 e. The van der Waals surface area contributed by atoms with Gasteiger partial charge in [0, 0.05) is 102 Å². The van der Waals surface area contributed by atoms with E-state index in [1.807, 2.05) is 283 Å². The topological polar surface area (TPSA) is 238 Å². The summed E-state index contributed by atoms with van der Waals surface area (Å²) < 4.78 is 26.8. The smallest absolute Gasteiger partial charge is 0.337 e. The van der Waals surface area contributed by atoms with Crippen LogP contribution in [0.15, 0.2) is 399 Å². The maximum Gasteiger partial charge on any atom is 0.337 e. The first-order valence-electron chi connectivity index (χ1n) is 40.6. The van der Waals surface area contributed by atoms with Crippen LogP contribution in [-0.2, 0) is 9.47 Å². The molecule has 21 heteroatoms. The number of halogens is 2. The van der Waals surface area contributed by atoms with Crippen molar-refractivity contribution in [2.75, 3.05) is 14.2 Å². The highest BCUT2D eigenvalue weighted by molar-refractivity contribution is 14.1. The van der Waals surface area contributed by atoms with Gasteiger partial charge in [0.2, 0.25) is 5.78 Å². The van der Waals surface area contributed by atoms with Crippen LogP contribution in [0, 0.1) is 31.3 Å². The second-order valence-corrected chi connectivity index (χ2v) is 31.0. The molecule has 0 aliphatic rings. The van der Waals surface area contributed by atoms with Gasteiger partial charge in [-0.2, -0.15) is 0 Å². The average Bonchev–Trinajstić information content (AvgIpc) is 1.60. The number of hydrogen-bond acceptors (Lipinski definition) is 17. The van der Waals surface area contributed by atoms with Crippen LogP contribution in [-0.4, -0.2) is 90.4 Å². The number of carbonyl (C=O) groups excluding carboxylic acids is 2. The van der Waals surface area contributed by atoms with Crippen LogP contribution in [0.3, 0.4) is 0 Å². The van der Waals surface area contributed by atoms with Gasteiger partial charge in [0.1, 0.15) is 47.0 Å². The standard InChI is InChI=1S/C32H26N4O3.C24H19IN4O.C13H13NO.C12H10BrN.C12H11NO.C12H9NO/c1-20-29(21(2)39-35-20)25-17-28-30(34-18-25)26(22-12-14-24(15-13-22)32(37)38-3)19-36(28)31(23-9-5-4-6-10-23)27-11-7-8-16-33-27;1-15-22(16(2)30-28-15)18-12-21-23(27-13-18)19(25)14-29(21)24(17-8-4-3-5-9-17)20-10-6-7-11-26-20;1-15-13(11-7-3-2-4-8-11)12-9-5-6-10-14-12;13-12(10-6-2-1-3-7-10)11-8-4-5-9-14-11;2*14-12(10-6-2-1-3-7-10)11-8-4-5-9-13-11/h4-19,31H,1-3H3;3-14,24H,1-2H3;2-10,13H,1H3;1-9,12H;1-9,12,14H;1-9H. The average molecular weight is 1840 g/mol. The maximum atomic E-state index is 12.0. The number of pyridine rings is 8. The first kappa shape index (κ1) is 87.8. The van der Waals surface area contributed by atoms with E-state index in [1.54, 1.807) is 62.1 Å². The Bertz CT molecular complexity index is 6260. The van der Waals surface area contributed by atoms with E-state index in [2.05, 4.69) is 162 Å². The minimum absolute atomic E-state index is 0.0359. The molecule has 0 aliphatic carbocycles. The Hall–Kier alpha value is -14.5. The fraction of sp³-hybridized carbons (Fsp3) is 0.105. The van der Waals surface area contributed by atoms with Crippen molar-refractivity contribution in [3.05, 3.63) is 489 Å². The molecule has 5 atom stereocenters. The summed E-state index contributed by atoms with van der Waals surface area (Å²) in [5.74, 6) is 1.14. The number of aryl methyl sites for hydroxylation is 4. The summed E-state index contributed by atoms with van der Waals surface area (Å²) in [6.07, 6.45) is 17.9. The van der Waals surface area contributed by atoms with Crippen LogP contribution < -0.4 is 0 Å². The summed E-state index contributed by atoms with van der Waals surface area (Å²) in [5, 5.41) is 18.2. The third kappa shape index (κ3) is 21.7. The first-order valence-corrected chi connectivity index (χ1v) is 42.6. The number of carbonyl (C=O) groups is 2. The third-order valence-electron chi connectivity index (χ3n) is 20.6. The number of fused-ring (bicyclic) bond motifs is 2. The number of methoxy groups -OCH3 is 2. The van der Waals surface area contributed by atoms with Crippen molar-refractivity contribution in [2.24, 2.45) is 0 Å². The second kappa shape index (κ2) is 43.5. The van der Waals surface area contributed by atoms with Crippen LogP contribution >= 0.6 is 38.5 Å². The molecule has 1 N–H and O–H groups in total. The predicted molar refractivity (Wildman–Crippen MR) is 505 cm³/mol. The summed E-state index contributed by atoms with van der Waals surface area (Å²) in [4.78, 5) is 59.9. The molecule has 12 heterocycles. The van der Waals surface area contributed by atoms with Crippen LogP contribution in [0.4, 0.5) is 0 Å². The molecule has 19 rings (SSSR count). The van der Waals surface area contributed by atoms with E-state index in [0.29, 0.717) is 22.5 Å². The van der Waals surface area contributed by atoms with Crippen molar-refractivity contribution in [3.63, 3.8) is 0 Å². The Balaban J connectivity index is 0.000000130. The van der Waals surface area contributed by atoms with Gasteiger partial charge in [0.25, 0.3) is 0 Å². The van der Waals surface area contributed by atoms with Crippen molar-refractivity contribution >= 4 is 72.3 Å². The van der Waals surface area contributed by atoms with Gasteiger partial charge in [0.15, 0.2) is 0 Å². The van der Waals surface area contributed by atoms with Crippen LogP contribution in [0.2, 0.25) is 0 Å². The van der Waals surface area contributed by atoms with Gasteiger partial charge < -0.3 is 32.8 Å². The fourth-order valence-electron chi connectivity index (χ4n) is 14.6. The lowest BCUT2D eigenvalue weighted by Crippen LogP contribution is -2.13. The number of ether oxygens (including phenoxy) is 2. The number of rotatable bonds is 19. The zero-order valence-corrected chi connectivity index (χ0v) is 73.6. The molecule has 0 aliphatic heterocycles. The molecular weight excluding hydrogens is 1750 g/mol. The Kier molecular flexibility index (Phi) is 30.3. The highest BCUT2D eigenvalue weighted by Crippen LogP contribution is 2.41. The van der Waals surface area contributed by atoms with Gasteiger partial charge in [-0.1, -0.05) is 257 Å². The lowest BCUT2D eigenvalue weighted by molar-refractivity contribution is 0.0600. The van der Waals surface area contributed by atoms with Gasteiger partial charge in [-0.15, -0.1) is 0 Å². The molecule has 0 saturated carbocycles. The van der Waals surface area contributed by atoms with Gasteiger partial charge in [-0.05, 0) is 181 Å². The molecule has 0 amide bonds. The summed E-state index contributed by atoms with van der Waals surface area (Å²) in [7, 11) is 3.08. The molecule has 0 fully saturated rings. The molecule has 624 valence electrons. The quantitative estimate of drug-likeness (QED) is 0.0343. The van der Waals surface area contributed by atoms with E-state index in [0.717, 1.165) is 121 Å². The van der Waals surface area contributed by atoms with Gasteiger partial charge in [-0.3, -0.25) is 44.7 Å². The van der Waals surface area contributed by atoms with E-state index >= 15 is 0 Å². The van der Waals surface area contributed by atoms with E-state index in [-0.39, 0.29) is 34.8 Å². The molecular formula is C105H88BrIN12O7. The van der Waals surface area contributed by atoms with Crippen LogP contribution in [0.25, 0.3) is 55.4 Å². The van der Waals surface area contributed by atoms with Gasteiger partial charge in [-0.25, -0.2) is 4.79 Å². The number of aromatic nitrogens is 12.